The summed E-state index contributed by atoms with van der Waals surface area (Å²) in [5.74, 6) is 0. The van der Waals surface area contributed by atoms with E-state index >= 15 is 0 Å². The molecule has 0 aromatic heterocycles. The Morgan fingerprint density at radius 1 is 0.519 bits per heavy atom. The topological polar surface area (TPSA) is 0 Å². The molecule has 0 heterocycles. The van der Waals surface area contributed by atoms with Crippen molar-refractivity contribution >= 4 is 48.2 Å². The lowest BCUT2D eigenvalue weighted by Crippen LogP contribution is -1.88. The lowest BCUT2D eigenvalue weighted by atomic mass is 9.91. The Morgan fingerprint density at radius 3 is 1.63 bits per heavy atom. The average Bonchev–Trinajstić information content (AvgIpc) is 2.70. The Morgan fingerprint density at radius 2 is 1.04 bits per heavy atom. The van der Waals surface area contributed by atoms with Gasteiger partial charge in [0, 0.05) is 4.47 Å². The lowest BCUT2D eigenvalue weighted by molar-refractivity contribution is 1.36. The van der Waals surface area contributed by atoms with Crippen LogP contribution in [0.1, 0.15) is 11.1 Å². The van der Waals surface area contributed by atoms with Crippen molar-refractivity contribution in [3.05, 3.63) is 94.5 Å². The van der Waals surface area contributed by atoms with Crippen LogP contribution in [0.15, 0.2) is 83.3 Å². The molecule has 0 saturated carbocycles. The lowest BCUT2D eigenvalue weighted by Gasteiger charge is -2.14. The zero-order chi connectivity index (χ0) is 18.5. The van der Waals surface area contributed by atoms with Gasteiger partial charge in [-0.1, -0.05) is 82.7 Å². The van der Waals surface area contributed by atoms with Gasteiger partial charge in [0.1, 0.15) is 0 Å². The summed E-state index contributed by atoms with van der Waals surface area (Å²) < 4.78 is 1.16. The Bertz CT molecular complexity index is 1310. The molecule has 0 aliphatic carbocycles. The number of halogens is 1. The molecule has 0 N–H and O–H groups in total. The van der Waals surface area contributed by atoms with Crippen LogP contribution < -0.4 is 0 Å². The first-order chi connectivity index (χ1) is 13.1. The third-order valence-corrected chi connectivity index (χ3v) is 6.42. The van der Waals surface area contributed by atoms with Crippen molar-refractivity contribution in [2.45, 2.75) is 13.8 Å². The van der Waals surface area contributed by atoms with Crippen LogP contribution in [0.5, 0.6) is 0 Å². The molecular weight excluding hydrogens is 392 g/mol. The number of aryl methyl sites for hydroxylation is 2. The van der Waals surface area contributed by atoms with E-state index in [1.165, 1.54) is 54.6 Å². The van der Waals surface area contributed by atoms with E-state index < -0.39 is 0 Å². The predicted molar refractivity (Wildman–Crippen MR) is 122 cm³/mol. The molecule has 5 aromatic rings. The SMILES string of the molecule is Cc1cc(C)c(-c2ccc3c4ccccc4c4ccccc4c3c2)cc1Br. The van der Waals surface area contributed by atoms with Crippen LogP contribution in [-0.2, 0) is 0 Å². The van der Waals surface area contributed by atoms with Gasteiger partial charge in [-0.25, -0.2) is 0 Å². The van der Waals surface area contributed by atoms with E-state index in [1.54, 1.807) is 0 Å². The number of rotatable bonds is 1. The maximum Gasteiger partial charge on any atom is 0.0210 e. The summed E-state index contributed by atoms with van der Waals surface area (Å²) in [5.41, 5.74) is 5.13. The highest BCUT2D eigenvalue weighted by molar-refractivity contribution is 9.10. The molecule has 0 amide bonds. The van der Waals surface area contributed by atoms with Gasteiger partial charge < -0.3 is 0 Å². The highest BCUT2D eigenvalue weighted by atomic mass is 79.9. The van der Waals surface area contributed by atoms with Crippen molar-refractivity contribution in [2.75, 3.05) is 0 Å². The first-order valence-corrected chi connectivity index (χ1v) is 10.0. The monoisotopic (exact) mass is 410 g/mol. The first-order valence-electron chi connectivity index (χ1n) is 9.24. The van der Waals surface area contributed by atoms with Gasteiger partial charge in [0.15, 0.2) is 0 Å². The van der Waals surface area contributed by atoms with Crippen LogP contribution >= 0.6 is 15.9 Å². The van der Waals surface area contributed by atoms with Gasteiger partial charge >= 0.3 is 0 Å². The van der Waals surface area contributed by atoms with Crippen LogP contribution in [0, 0.1) is 13.8 Å². The summed E-state index contributed by atoms with van der Waals surface area (Å²) >= 11 is 3.70. The van der Waals surface area contributed by atoms with Crippen molar-refractivity contribution < 1.29 is 0 Å². The van der Waals surface area contributed by atoms with Crippen LogP contribution in [0.2, 0.25) is 0 Å². The van der Waals surface area contributed by atoms with Crippen LogP contribution in [0.4, 0.5) is 0 Å². The Hall–Kier alpha value is -2.64. The van der Waals surface area contributed by atoms with Gasteiger partial charge in [-0.3, -0.25) is 0 Å². The zero-order valence-corrected chi connectivity index (χ0v) is 17.0. The molecule has 5 rings (SSSR count). The van der Waals surface area contributed by atoms with Gasteiger partial charge in [0.2, 0.25) is 0 Å². The number of benzene rings is 5. The summed E-state index contributed by atoms with van der Waals surface area (Å²) in [7, 11) is 0. The minimum Gasteiger partial charge on any atom is -0.0616 e. The highest BCUT2D eigenvalue weighted by Gasteiger charge is 2.11. The largest absolute Gasteiger partial charge is 0.0616 e. The quantitative estimate of drug-likeness (QED) is 0.244. The maximum absolute atomic E-state index is 3.70. The second kappa shape index (κ2) is 6.21. The molecule has 0 bridgehead atoms. The fraction of sp³-hybridized carbons (Fsp3) is 0.0769. The molecule has 0 aliphatic rings. The molecule has 0 atom stereocenters. The molecule has 27 heavy (non-hydrogen) atoms. The smallest absolute Gasteiger partial charge is 0.0210 e. The van der Waals surface area contributed by atoms with Gasteiger partial charge in [-0.05, 0) is 80.6 Å². The average molecular weight is 411 g/mol. The molecule has 0 spiro atoms. The summed E-state index contributed by atoms with van der Waals surface area (Å²) in [6.07, 6.45) is 0. The third kappa shape index (κ3) is 2.57. The van der Waals surface area contributed by atoms with E-state index in [1.807, 2.05) is 0 Å². The first kappa shape index (κ1) is 16.5. The predicted octanol–water partition coefficient (Wildman–Crippen LogP) is 8.19. The minimum atomic E-state index is 1.16. The Kier molecular flexibility index (Phi) is 3.80. The van der Waals surface area contributed by atoms with E-state index in [4.69, 9.17) is 0 Å². The fourth-order valence-electron chi connectivity index (χ4n) is 4.21. The molecule has 0 fully saturated rings. The standard InChI is InChI=1S/C26H19Br/c1-16-13-17(2)26(27)15-24(16)18-11-12-23-21-9-4-3-7-19(21)20-8-5-6-10-22(20)25(23)14-18/h3-15H,1-2H3. The fourth-order valence-corrected chi connectivity index (χ4v) is 4.56. The highest BCUT2D eigenvalue weighted by Crippen LogP contribution is 2.38. The molecule has 5 aromatic carbocycles. The number of hydrogen-bond acceptors (Lipinski definition) is 0. The molecule has 0 saturated heterocycles. The van der Waals surface area contributed by atoms with Gasteiger partial charge in [0.25, 0.3) is 0 Å². The molecule has 0 nitrogen and oxygen atoms in total. The van der Waals surface area contributed by atoms with E-state index in [0.717, 1.165) is 4.47 Å². The number of fused-ring (bicyclic) bond motifs is 6. The molecule has 0 unspecified atom stereocenters. The molecular formula is C26H19Br. The van der Waals surface area contributed by atoms with Crippen LogP contribution in [-0.4, -0.2) is 0 Å². The maximum atomic E-state index is 3.70. The summed E-state index contributed by atoms with van der Waals surface area (Å²) in [4.78, 5) is 0. The van der Waals surface area contributed by atoms with Crippen molar-refractivity contribution in [2.24, 2.45) is 0 Å². The second-order valence-electron chi connectivity index (χ2n) is 7.27. The summed E-state index contributed by atoms with van der Waals surface area (Å²) in [5, 5.41) is 7.91. The third-order valence-electron chi connectivity index (χ3n) is 5.56. The van der Waals surface area contributed by atoms with Crippen LogP contribution in [0.25, 0.3) is 43.4 Å². The molecule has 130 valence electrons. The zero-order valence-electron chi connectivity index (χ0n) is 15.4. The molecule has 0 radical (unpaired) electrons. The summed E-state index contributed by atoms with van der Waals surface area (Å²) in [6, 6.07) is 28.9. The van der Waals surface area contributed by atoms with Crippen LogP contribution in [0.3, 0.4) is 0 Å². The van der Waals surface area contributed by atoms with Gasteiger partial charge in [-0.2, -0.15) is 0 Å². The normalized spacial score (nSPS) is 11.5. The van der Waals surface area contributed by atoms with Crippen molar-refractivity contribution in [1.82, 2.24) is 0 Å². The number of hydrogen-bond donors (Lipinski definition) is 0. The Labute approximate surface area is 167 Å². The van der Waals surface area contributed by atoms with E-state index in [0.29, 0.717) is 0 Å². The minimum absolute atomic E-state index is 1.16. The molecule has 0 aliphatic heterocycles. The summed E-state index contributed by atoms with van der Waals surface area (Å²) in [6.45, 7) is 4.33. The van der Waals surface area contributed by atoms with E-state index in [-0.39, 0.29) is 0 Å². The Balaban J connectivity index is 1.91. The molecule has 1 heteroatoms. The van der Waals surface area contributed by atoms with E-state index in [9.17, 15) is 0 Å². The van der Waals surface area contributed by atoms with Crippen molar-refractivity contribution in [1.29, 1.82) is 0 Å². The van der Waals surface area contributed by atoms with Crippen molar-refractivity contribution in [3.63, 3.8) is 0 Å². The van der Waals surface area contributed by atoms with Gasteiger partial charge in [0.05, 0.1) is 0 Å². The van der Waals surface area contributed by atoms with Gasteiger partial charge in [-0.15, -0.1) is 0 Å². The van der Waals surface area contributed by atoms with Crippen molar-refractivity contribution in [3.8, 4) is 11.1 Å². The van der Waals surface area contributed by atoms with E-state index in [2.05, 4.69) is 109 Å². The second-order valence-corrected chi connectivity index (χ2v) is 8.12.